The van der Waals surface area contributed by atoms with Gasteiger partial charge in [-0.2, -0.15) is 0 Å². The molecule has 30 nitrogen and oxygen atoms in total. The summed E-state index contributed by atoms with van der Waals surface area (Å²) < 4.78 is 49.4. The number of nitrogens with zero attached hydrogens (tertiary/aromatic N) is 5. The summed E-state index contributed by atoms with van der Waals surface area (Å²) in [6.07, 6.45) is 0.638. The molecule has 2 aromatic carbocycles. The third kappa shape index (κ3) is 17.2. The molecule has 0 spiro atoms. The number of imide groups is 1. The molecule has 1 aliphatic carbocycles. The first kappa shape index (κ1) is 71.7. The SMILES string of the molecule is CC[C@@]1(O)C(=O)OCc2c1cc1n(c2=O)Cc2c-1nc1cc(F)c(C)c3c1c2[C@@H](NC(=O)COCNC(=O)CNC(=O)[C@H](Cc1ccccc1)NC(=O)CNC(=O)CNC(=O)CCOCCOCCOCCOCCNC(=O)CN1C(=O)c2nc(CBr)c(CBr)nc2C1=O)CC3. The maximum Gasteiger partial charge on any atom is 0.343 e. The zero-order valence-electron chi connectivity index (χ0n) is 52.4. The van der Waals surface area contributed by atoms with Crippen molar-refractivity contribution in [1.82, 2.24) is 61.6 Å². The highest BCUT2D eigenvalue weighted by molar-refractivity contribution is 9.09. The predicted molar refractivity (Wildman–Crippen MR) is 342 cm³/mol. The summed E-state index contributed by atoms with van der Waals surface area (Å²) in [5.41, 5.74) is 2.59. The van der Waals surface area contributed by atoms with Crippen LogP contribution in [0.15, 0.2) is 47.3 Å². The zero-order valence-corrected chi connectivity index (χ0v) is 55.6. The topological polar surface area (TPSA) is 394 Å². The first-order chi connectivity index (χ1) is 46.2. The lowest BCUT2D eigenvalue weighted by molar-refractivity contribution is -0.172. The molecule has 0 saturated heterocycles. The highest BCUT2D eigenvalue weighted by Gasteiger charge is 2.46. The van der Waals surface area contributed by atoms with E-state index < -0.39 is 128 Å². The van der Waals surface area contributed by atoms with Crippen LogP contribution in [0.2, 0.25) is 0 Å². The van der Waals surface area contributed by atoms with E-state index in [-0.39, 0.29) is 114 Å². The van der Waals surface area contributed by atoms with Gasteiger partial charge in [0.15, 0.2) is 17.0 Å². The van der Waals surface area contributed by atoms with Gasteiger partial charge in [-0.15, -0.1) is 0 Å². The summed E-state index contributed by atoms with van der Waals surface area (Å²) in [4.78, 5) is 157. The number of halogens is 3. The van der Waals surface area contributed by atoms with E-state index in [2.05, 4.69) is 79.0 Å². The number of ether oxygens (including phenoxy) is 6. The smallest absolute Gasteiger partial charge is 0.343 e. The minimum atomic E-state index is -2.06. The minimum Gasteiger partial charge on any atom is -0.458 e. The molecule has 6 heterocycles. The summed E-state index contributed by atoms with van der Waals surface area (Å²) in [6, 6.07) is 9.76. The van der Waals surface area contributed by atoms with Crippen LogP contribution in [-0.4, -0.2) is 194 Å². The lowest BCUT2D eigenvalue weighted by Gasteiger charge is -2.31. The summed E-state index contributed by atoms with van der Waals surface area (Å²) in [6.45, 7) is 1.73. The van der Waals surface area contributed by atoms with Gasteiger partial charge in [-0.1, -0.05) is 69.1 Å². The minimum absolute atomic E-state index is 0.0188. The fourth-order valence-corrected chi connectivity index (χ4v) is 12.2. The van der Waals surface area contributed by atoms with E-state index >= 15 is 4.39 Å². The molecule has 3 aromatic heterocycles. The number of carbonyl (C=O) groups is 10. The molecule has 0 radical (unpaired) electrons. The molecule has 33 heteroatoms. The maximum absolute atomic E-state index is 15.4. The summed E-state index contributed by atoms with van der Waals surface area (Å²) in [5, 5.41) is 30.6. The Labute approximate surface area is 564 Å². The number of amides is 9. The molecule has 0 bridgehead atoms. The second-order valence-corrected chi connectivity index (χ2v) is 23.6. The van der Waals surface area contributed by atoms with Gasteiger partial charge in [0.25, 0.3) is 17.4 Å². The second-order valence-electron chi connectivity index (χ2n) is 22.5. The number of aliphatic hydroxyl groups is 1. The number of cyclic esters (lactones) is 1. The summed E-state index contributed by atoms with van der Waals surface area (Å²) in [7, 11) is 0. The van der Waals surface area contributed by atoms with Crippen molar-refractivity contribution in [2.24, 2.45) is 0 Å². The number of fused-ring (bicyclic) bond motifs is 6. The first-order valence-electron chi connectivity index (χ1n) is 30.8. The average molecular weight is 1460 g/mol. The molecule has 0 saturated carbocycles. The van der Waals surface area contributed by atoms with E-state index in [1.165, 1.54) is 10.6 Å². The van der Waals surface area contributed by atoms with Crippen LogP contribution in [0.3, 0.4) is 0 Å². The maximum atomic E-state index is 15.4. The van der Waals surface area contributed by atoms with Gasteiger partial charge in [0, 0.05) is 52.6 Å². The number of pyridine rings is 2. The molecule has 8 N–H and O–H groups in total. The Bertz CT molecular complexity index is 3860. The lowest BCUT2D eigenvalue weighted by Crippen LogP contribution is -2.52. The van der Waals surface area contributed by atoms with Gasteiger partial charge in [-0.3, -0.25) is 52.8 Å². The van der Waals surface area contributed by atoms with Crippen molar-refractivity contribution in [3.8, 4) is 11.4 Å². The number of alkyl halides is 2. The molecule has 9 rings (SSSR count). The Kier molecular flexibility index (Phi) is 25.0. The molecule has 3 aliphatic heterocycles. The van der Waals surface area contributed by atoms with E-state index in [4.69, 9.17) is 33.4 Å². The molecule has 0 fully saturated rings. The normalized spacial score (nSPS) is 16.0. The van der Waals surface area contributed by atoms with Gasteiger partial charge in [-0.05, 0) is 54.5 Å². The van der Waals surface area contributed by atoms with Gasteiger partial charge in [-0.25, -0.2) is 24.1 Å². The van der Waals surface area contributed by atoms with Crippen molar-refractivity contribution in [3.63, 3.8) is 0 Å². The van der Waals surface area contributed by atoms with Crippen molar-refractivity contribution >= 4 is 102 Å². The van der Waals surface area contributed by atoms with Crippen LogP contribution in [-0.2, 0) is 109 Å². The Morgan fingerprint density at radius 2 is 1.34 bits per heavy atom. The number of carbonyl (C=O) groups excluding carboxylic acids is 10. The second kappa shape index (κ2) is 33.4. The number of aryl methyl sites for hydroxylation is 1. The Morgan fingerprint density at radius 3 is 2.01 bits per heavy atom. The number of rotatable bonds is 35. The number of hydrogen-bond acceptors (Lipinski definition) is 21. The molecule has 9 amide bonds. The highest BCUT2D eigenvalue weighted by Crippen LogP contribution is 2.46. The van der Waals surface area contributed by atoms with E-state index in [1.807, 2.05) is 0 Å². The monoisotopic (exact) mass is 1460 g/mol. The lowest BCUT2D eigenvalue weighted by atomic mass is 9.81. The standard InChI is InChI=1S/C63H71Br2FN12O18/c1-3-63(90)39-22-46-55-37(29-77(46)59(86)38(39)31-96-62(63)89)54-41(10-9-36-34(2)40(66)23-42(74-55)53(36)54)72-52(84)32-95-33-71-49(81)27-70-58(85)43(21-35-7-5-4-6-8-35)73-50(82)28-69-48(80)26-68-47(79)11-13-91-15-17-93-19-20-94-18-16-92-14-12-67-51(83)30-78-60(87)56-57(61(78)88)76-45(25-65)44(24-64)75-56/h4-8,22-23,41,43,90H,3,9-21,24-33H2,1-2H3,(H,67,83)(H,68,79)(H,69,80)(H,70,85)(H,71,81)(H,72,84)(H,73,82)/t41-,43-,63-/m0/s1. The van der Waals surface area contributed by atoms with Gasteiger partial charge < -0.3 is 75.3 Å². The van der Waals surface area contributed by atoms with Crippen molar-refractivity contribution in [2.75, 3.05) is 98.9 Å². The molecule has 512 valence electrons. The quantitative estimate of drug-likeness (QED) is 0.00869. The number of aromatic nitrogens is 4. The van der Waals surface area contributed by atoms with E-state index in [0.29, 0.717) is 85.0 Å². The Hall–Kier alpha value is -8.57. The number of esters is 1. The summed E-state index contributed by atoms with van der Waals surface area (Å²) in [5.74, 6) is -7.17. The van der Waals surface area contributed by atoms with Crippen molar-refractivity contribution in [1.29, 1.82) is 0 Å². The van der Waals surface area contributed by atoms with Crippen LogP contribution >= 0.6 is 31.9 Å². The van der Waals surface area contributed by atoms with E-state index in [1.54, 1.807) is 50.2 Å². The molecule has 3 atom stereocenters. The molecular weight excluding hydrogens is 1390 g/mol. The summed E-state index contributed by atoms with van der Waals surface area (Å²) >= 11 is 6.59. The largest absolute Gasteiger partial charge is 0.458 e. The average Bonchev–Trinajstić information content (AvgIpc) is 1.46. The van der Waals surface area contributed by atoms with Crippen molar-refractivity contribution < 1.29 is 85.9 Å². The zero-order chi connectivity index (χ0) is 68.6. The number of hydrogen-bond donors (Lipinski definition) is 8. The van der Waals surface area contributed by atoms with Crippen LogP contribution in [0.4, 0.5) is 4.39 Å². The van der Waals surface area contributed by atoms with Crippen LogP contribution in [0.5, 0.6) is 0 Å². The van der Waals surface area contributed by atoms with Crippen LogP contribution in [0, 0.1) is 12.7 Å². The molecule has 96 heavy (non-hydrogen) atoms. The third-order valence-corrected chi connectivity index (χ3v) is 17.3. The van der Waals surface area contributed by atoms with Gasteiger partial charge in [0.05, 0.1) is 119 Å². The molecule has 5 aromatic rings. The highest BCUT2D eigenvalue weighted by atomic mass is 79.9. The number of benzene rings is 2. The number of nitrogens with one attached hydrogen (secondary N) is 7. The van der Waals surface area contributed by atoms with E-state index in [0.717, 1.165) is 4.90 Å². The van der Waals surface area contributed by atoms with Gasteiger partial charge >= 0.3 is 5.97 Å². The molecule has 4 aliphatic rings. The van der Waals surface area contributed by atoms with Crippen LogP contribution in [0.25, 0.3) is 22.3 Å². The van der Waals surface area contributed by atoms with Gasteiger partial charge in [0.1, 0.15) is 38.3 Å². The Morgan fingerprint density at radius 1 is 0.719 bits per heavy atom. The fraction of sp³-hybridized carbons (Fsp3) is 0.460. The third-order valence-electron chi connectivity index (χ3n) is 16.2. The first-order valence-corrected chi connectivity index (χ1v) is 33.0. The fourth-order valence-electron chi connectivity index (χ4n) is 11.3. The molecule has 0 unspecified atom stereocenters. The van der Waals surface area contributed by atoms with Crippen molar-refractivity contribution in [3.05, 3.63) is 120 Å². The van der Waals surface area contributed by atoms with E-state index in [9.17, 15) is 57.8 Å². The van der Waals surface area contributed by atoms with Crippen LogP contribution < -0.4 is 42.8 Å². The molecular formula is C63H71Br2FN12O18. The van der Waals surface area contributed by atoms with Crippen molar-refractivity contribution in [2.45, 2.75) is 87.4 Å². The van der Waals surface area contributed by atoms with Crippen LogP contribution in [0.1, 0.15) is 104 Å². The Balaban J connectivity index is 0.616. The predicted octanol–water partition coefficient (Wildman–Crippen LogP) is 0.246. The van der Waals surface area contributed by atoms with Gasteiger partial charge in [0.2, 0.25) is 41.4 Å².